The number of aromatic nitrogens is 2. The van der Waals surface area contributed by atoms with Crippen molar-refractivity contribution < 1.29 is 4.42 Å². The fourth-order valence-electron chi connectivity index (χ4n) is 8.84. The first kappa shape index (κ1) is 31.7. The molecule has 10 aromatic carbocycles. The highest BCUT2D eigenvalue weighted by Gasteiger charge is 2.14. The molecule has 264 valence electrons. The summed E-state index contributed by atoms with van der Waals surface area (Å²) in [5, 5.41) is 11.8. The number of hydrogen-bond donors (Lipinski definition) is 0. The number of fused-ring (bicyclic) bond motifs is 11. The van der Waals surface area contributed by atoms with E-state index in [0.29, 0.717) is 0 Å². The molecule has 0 N–H and O–H groups in total. The number of furan rings is 1. The molecule has 0 atom stereocenters. The van der Waals surface area contributed by atoms with Crippen LogP contribution in [0.15, 0.2) is 199 Å². The van der Waals surface area contributed by atoms with Gasteiger partial charge < -0.3 is 4.42 Å². The number of para-hydroxylation sites is 2. The number of rotatable bonds is 4. The predicted octanol–water partition coefficient (Wildman–Crippen LogP) is 14.8. The molecule has 2 heterocycles. The van der Waals surface area contributed by atoms with Gasteiger partial charge in [-0.15, -0.1) is 0 Å². The first-order valence-corrected chi connectivity index (χ1v) is 19.4. The van der Waals surface area contributed by atoms with E-state index >= 15 is 0 Å². The summed E-state index contributed by atoms with van der Waals surface area (Å²) in [4.78, 5) is 9.51. The van der Waals surface area contributed by atoms with Crippen LogP contribution >= 0.6 is 0 Å². The van der Waals surface area contributed by atoms with Crippen molar-refractivity contribution in [3.63, 3.8) is 0 Å². The fraction of sp³-hybridized carbons (Fsp3) is 0. The molecule has 0 saturated carbocycles. The van der Waals surface area contributed by atoms with Gasteiger partial charge in [-0.2, -0.15) is 0 Å². The van der Waals surface area contributed by atoms with Crippen LogP contribution in [0, 0.1) is 0 Å². The van der Waals surface area contributed by atoms with Gasteiger partial charge in [-0.25, -0.2) is 0 Å². The Morgan fingerprint density at radius 3 is 1.40 bits per heavy atom. The molecule has 57 heavy (non-hydrogen) atoms. The highest BCUT2D eigenvalue weighted by Crippen LogP contribution is 2.39. The number of benzene rings is 10. The third-order valence-electron chi connectivity index (χ3n) is 11.7. The molecule has 2 aromatic heterocycles. The molecule has 0 amide bonds. The lowest BCUT2D eigenvalue weighted by Crippen LogP contribution is -1.89. The Morgan fingerprint density at radius 2 is 0.754 bits per heavy atom. The predicted molar refractivity (Wildman–Crippen MR) is 239 cm³/mol. The molecule has 0 aliphatic carbocycles. The zero-order chi connectivity index (χ0) is 37.5. The van der Waals surface area contributed by atoms with Crippen molar-refractivity contribution in [2.24, 2.45) is 0 Å². The van der Waals surface area contributed by atoms with Gasteiger partial charge in [0.25, 0.3) is 0 Å². The molecule has 0 fully saturated rings. The molecule has 0 bridgehead atoms. The quantitative estimate of drug-likeness (QED) is 0.170. The zero-order valence-electron chi connectivity index (χ0n) is 30.8. The minimum Gasteiger partial charge on any atom is -0.455 e. The Labute approximate surface area is 328 Å². The normalized spacial score (nSPS) is 11.9. The molecule has 0 aliphatic heterocycles. The van der Waals surface area contributed by atoms with Crippen molar-refractivity contribution in [2.75, 3.05) is 0 Å². The van der Waals surface area contributed by atoms with Crippen molar-refractivity contribution in [1.29, 1.82) is 0 Å². The Hall–Kier alpha value is -7.62. The highest BCUT2D eigenvalue weighted by molar-refractivity contribution is 6.23. The van der Waals surface area contributed by atoms with Gasteiger partial charge >= 0.3 is 0 Å². The molecule has 3 nitrogen and oxygen atoms in total. The van der Waals surface area contributed by atoms with Crippen LogP contribution in [0.3, 0.4) is 0 Å². The average molecular weight is 725 g/mol. The van der Waals surface area contributed by atoms with Crippen LogP contribution in [0.1, 0.15) is 0 Å². The van der Waals surface area contributed by atoms with Crippen LogP contribution in [0.4, 0.5) is 0 Å². The maximum Gasteiger partial charge on any atom is 0.143 e. The molecule has 0 radical (unpaired) electrons. The van der Waals surface area contributed by atoms with Crippen molar-refractivity contribution in [2.45, 2.75) is 0 Å². The lowest BCUT2D eigenvalue weighted by atomic mass is 9.93. The molecule has 0 aliphatic rings. The maximum atomic E-state index is 6.31. The highest BCUT2D eigenvalue weighted by atomic mass is 16.3. The topological polar surface area (TPSA) is 38.9 Å². The first-order valence-electron chi connectivity index (χ1n) is 19.4. The van der Waals surface area contributed by atoms with E-state index in [4.69, 9.17) is 14.4 Å². The minimum atomic E-state index is 0.919. The largest absolute Gasteiger partial charge is 0.455 e. The van der Waals surface area contributed by atoms with Crippen LogP contribution < -0.4 is 0 Å². The fourth-order valence-corrected chi connectivity index (χ4v) is 8.84. The molecule has 3 heteroatoms. The first-order chi connectivity index (χ1) is 28.2. The Kier molecular flexibility index (Phi) is 6.93. The van der Waals surface area contributed by atoms with Crippen molar-refractivity contribution in [1.82, 2.24) is 9.97 Å². The van der Waals surface area contributed by atoms with Crippen LogP contribution in [-0.4, -0.2) is 9.97 Å². The third kappa shape index (κ3) is 5.13. The minimum absolute atomic E-state index is 0.919. The molecule has 0 saturated heterocycles. The van der Waals surface area contributed by atoms with Gasteiger partial charge in [-0.05, 0) is 108 Å². The second-order valence-electron chi connectivity index (χ2n) is 15.0. The standard InChI is InChI=1S/C54H32N2O/c1-2-8-48-45(6-1)46-25-24-43(32-50(46)53-52(48)55-26-27-56-53)42-23-22-40-30-39(20-21-41(40)31-42)38-19-18-36-28-35(16-17-37(36)29-38)33-12-14-34(15-13-33)44-9-5-10-49-47-7-3-4-11-51(47)57-54(44)49/h1-32H. The number of nitrogens with zero attached hydrogens (tertiary/aromatic N) is 2. The Bertz CT molecular complexity index is 3540. The average Bonchev–Trinajstić information content (AvgIpc) is 3.67. The van der Waals surface area contributed by atoms with E-state index in [1.54, 1.807) is 12.4 Å². The van der Waals surface area contributed by atoms with Crippen molar-refractivity contribution in [3.8, 4) is 44.5 Å². The van der Waals surface area contributed by atoms with E-state index in [0.717, 1.165) is 54.9 Å². The molecule has 12 aromatic rings. The van der Waals surface area contributed by atoms with E-state index < -0.39 is 0 Å². The number of hydrogen-bond acceptors (Lipinski definition) is 3. The van der Waals surface area contributed by atoms with E-state index in [1.165, 1.54) is 65.7 Å². The zero-order valence-corrected chi connectivity index (χ0v) is 30.8. The van der Waals surface area contributed by atoms with Crippen molar-refractivity contribution >= 4 is 76.1 Å². The van der Waals surface area contributed by atoms with Gasteiger partial charge in [0.15, 0.2) is 0 Å². The monoisotopic (exact) mass is 724 g/mol. The summed E-state index contributed by atoms with van der Waals surface area (Å²) in [6.07, 6.45) is 3.57. The van der Waals surface area contributed by atoms with Crippen LogP contribution in [0.2, 0.25) is 0 Å². The Morgan fingerprint density at radius 1 is 0.298 bits per heavy atom. The molecule has 0 unspecified atom stereocenters. The van der Waals surface area contributed by atoms with Crippen LogP contribution in [0.25, 0.3) is 121 Å². The smallest absolute Gasteiger partial charge is 0.143 e. The summed E-state index contributed by atoms with van der Waals surface area (Å²) in [7, 11) is 0. The summed E-state index contributed by atoms with van der Waals surface area (Å²) >= 11 is 0. The summed E-state index contributed by atoms with van der Waals surface area (Å²) in [6.45, 7) is 0. The second kappa shape index (κ2) is 12.5. The summed E-state index contributed by atoms with van der Waals surface area (Å²) in [5.41, 5.74) is 13.1. The molecular formula is C54H32N2O. The summed E-state index contributed by atoms with van der Waals surface area (Å²) in [5.74, 6) is 0. The van der Waals surface area contributed by atoms with Crippen LogP contribution in [-0.2, 0) is 0 Å². The van der Waals surface area contributed by atoms with E-state index in [2.05, 4.69) is 170 Å². The summed E-state index contributed by atoms with van der Waals surface area (Å²) < 4.78 is 6.31. The van der Waals surface area contributed by atoms with Gasteiger partial charge in [0, 0.05) is 39.5 Å². The SMILES string of the molecule is c1ccc2c(c1)oc1c(-c3ccc(-c4ccc5cc(-c6ccc7cc(-c8ccc9c%10ccccc%10c%10nccnc%10c9c8)ccc7c6)ccc5c4)cc3)cccc12. The van der Waals surface area contributed by atoms with Crippen LogP contribution in [0.5, 0.6) is 0 Å². The summed E-state index contributed by atoms with van der Waals surface area (Å²) in [6, 6.07) is 65.8. The van der Waals surface area contributed by atoms with Gasteiger partial charge in [-0.1, -0.05) is 146 Å². The lowest BCUT2D eigenvalue weighted by molar-refractivity contribution is 0.670. The second-order valence-corrected chi connectivity index (χ2v) is 15.0. The Balaban J connectivity index is 0.835. The maximum absolute atomic E-state index is 6.31. The van der Waals surface area contributed by atoms with Crippen molar-refractivity contribution in [3.05, 3.63) is 194 Å². The molecule has 12 rings (SSSR count). The lowest BCUT2D eigenvalue weighted by Gasteiger charge is -2.12. The van der Waals surface area contributed by atoms with E-state index in [1.807, 2.05) is 12.1 Å². The van der Waals surface area contributed by atoms with Gasteiger partial charge in [0.2, 0.25) is 0 Å². The van der Waals surface area contributed by atoms with Gasteiger partial charge in [-0.3, -0.25) is 9.97 Å². The molecule has 0 spiro atoms. The molecular weight excluding hydrogens is 693 g/mol. The van der Waals surface area contributed by atoms with Gasteiger partial charge in [0.05, 0.1) is 11.0 Å². The van der Waals surface area contributed by atoms with E-state index in [9.17, 15) is 0 Å². The van der Waals surface area contributed by atoms with Gasteiger partial charge in [0.1, 0.15) is 11.2 Å². The van der Waals surface area contributed by atoms with E-state index in [-0.39, 0.29) is 0 Å². The third-order valence-corrected chi connectivity index (χ3v) is 11.7.